The molecule has 0 radical (unpaired) electrons. The van der Waals surface area contributed by atoms with Gasteiger partial charge in [0.1, 0.15) is 0 Å². The summed E-state index contributed by atoms with van der Waals surface area (Å²) in [6.07, 6.45) is 20.6. The van der Waals surface area contributed by atoms with Gasteiger partial charge in [0.2, 0.25) is 0 Å². The van der Waals surface area contributed by atoms with Crippen LogP contribution in [0.3, 0.4) is 0 Å². The third-order valence-corrected chi connectivity index (χ3v) is 4.95. The molecule has 156 valence electrons. The van der Waals surface area contributed by atoms with Crippen molar-refractivity contribution in [2.45, 2.75) is 128 Å². The van der Waals surface area contributed by atoms with Gasteiger partial charge in [0, 0.05) is 18.4 Å². The number of hydrogen-bond acceptors (Lipinski definition) is 4. The Morgan fingerprint density at radius 3 is 1.24 bits per heavy atom. The average molecular weight is 422 g/mol. The molecule has 0 fully saturated rings. The van der Waals surface area contributed by atoms with E-state index in [1.165, 1.54) is 96.3 Å². The molecule has 0 aliphatic rings. The van der Waals surface area contributed by atoms with Crippen molar-refractivity contribution in [3.8, 4) is 0 Å². The summed E-state index contributed by atoms with van der Waals surface area (Å²) in [4.78, 5) is 18.6. The van der Waals surface area contributed by atoms with E-state index in [0.717, 1.165) is 0 Å². The quantitative estimate of drug-likeness (QED) is 0.156. The van der Waals surface area contributed by atoms with Gasteiger partial charge < -0.3 is 19.8 Å². The minimum absolute atomic E-state index is 0. The summed E-state index contributed by atoms with van der Waals surface area (Å²) in [5.74, 6) is -3.25. The van der Waals surface area contributed by atoms with Crippen LogP contribution < -0.4 is 69.3 Å². The number of carbonyl (C=O) groups excluding carboxylic acids is 2. The van der Waals surface area contributed by atoms with Crippen LogP contribution in [0.2, 0.25) is 4.09 Å². The van der Waals surface area contributed by atoms with E-state index >= 15 is 0 Å². The molecule has 0 spiro atoms. The standard InChI is InChI=1S/C19H39.C3H4O4.Li.2Na/c1-4-6-8-9-10-11-12-13-14-16-18-19(3)17-15-7-5-2;4-2(5)1-3(6)7;;;/h4-18H2,1-3H3;1H2,(H,4,5)(H,6,7);;;/q;;;2*+1/p-2. The van der Waals surface area contributed by atoms with Gasteiger partial charge in [-0.1, -0.05) is 6.92 Å². The van der Waals surface area contributed by atoms with Gasteiger partial charge in [-0.2, -0.15) is 0 Å². The zero-order chi connectivity index (χ0) is 21.0. The molecule has 0 bridgehead atoms. The van der Waals surface area contributed by atoms with Crippen LogP contribution in [0.1, 0.15) is 124 Å². The van der Waals surface area contributed by atoms with Crippen LogP contribution in [0.15, 0.2) is 0 Å². The van der Waals surface area contributed by atoms with E-state index in [2.05, 4.69) is 38.5 Å². The van der Waals surface area contributed by atoms with Crippen LogP contribution in [0.4, 0.5) is 0 Å². The Hall–Kier alpha value is 1.54. The molecular weight excluding hydrogens is 381 g/mol. The van der Waals surface area contributed by atoms with Crippen LogP contribution in [0, 0.1) is 0 Å². The average Bonchev–Trinajstić information content (AvgIpc) is 2.56. The molecule has 0 heterocycles. The molecule has 0 aliphatic heterocycles. The molecule has 0 aromatic carbocycles. The summed E-state index contributed by atoms with van der Waals surface area (Å²) in [5, 5.41) is 18.6. The molecule has 0 amide bonds. The number of hydrogen-bond donors (Lipinski definition) is 0. The molecule has 0 aliphatic carbocycles. The van der Waals surface area contributed by atoms with E-state index in [1.54, 1.807) is 0 Å². The number of aliphatic carboxylic acids is 2. The Labute approximate surface area is 233 Å². The second kappa shape index (κ2) is 27.6. The Balaban J connectivity index is -0.000000298. The molecule has 1 unspecified atom stereocenters. The van der Waals surface area contributed by atoms with Crippen molar-refractivity contribution < 1.29 is 78.9 Å². The van der Waals surface area contributed by atoms with Gasteiger partial charge in [-0.3, -0.25) is 0 Å². The molecule has 4 nitrogen and oxygen atoms in total. The number of carbonyl (C=O) groups is 2. The SMILES string of the molecule is O=C([O-])CC(=O)[O-].[Li][C](C)(CCCCC)CCCCCCCCCCCC.[Na+].[Na+]. The Morgan fingerprint density at radius 1 is 0.655 bits per heavy atom. The van der Waals surface area contributed by atoms with Crippen molar-refractivity contribution in [2.24, 2.45) is 0 Å². The minimum atomic E-state index is -1.63. The first-order valence-corrected chi connectivity index (χ1v) is 11.1. The van der Waals surface area contributed by atoms with Crippen LogP contribution in [-0.2, 0) is 9.59 Å². The maximum absolute atomic E-state index is 9.28. The fourth-order valence-corrected chi connectivity index (χ4v) is 3.19. The van der Waals surface area contributed by atoms with Crippen LogP contribution in [0.25, 0.3) is 0 Å². The molecule has 1 atom stereocenters. The van der Waals surface area contributed by atoms with Gasteiger partial charge in [0.05, 0.1) is 0 Å². The van der Waals surface area contributed by atoms with Gasteiger partial charge in [-0.25, -0.2) is 0 Å². The molecule has 0 aromatic heterocycles. The molecule has 0 rings (SSSR count). The van der Waals surface area contributed by atoms with E-state index in [-0.39, 0.29) is 59.1 Å². The first kappa shape index (κ1) is 37.8. The molecule has 0 saturated carbocycles. The third-order valence-electron chi connectivity index (χ3n) is 4.95. The zero-order valence-corrected chi connectivity index (χ0v) is 24.4. The van der Waals surface area contributed by atoms with Crippen molar-refractivity contribution in [3.05, 3.63) is 0 Å². The van der Waals surface area contributed by atoms with Gasteiger partial charge in [0.25, 0.3) is 0 Å². The van der Waals surface area contributed by atoms with Gasteiger partial charge in [-0.05, 0) is 0 Å². The van der Waals surface area contributed by atoms with Crippen LogP contribution >= 0.6 is 0 Å². The predicted molar refractivity (Wildman–Crippen MR) is 109 cm³/mol. The number of carboxylic acid groups (broad SMARTS) is 2. The summed E-state index contributed by atoms with van der Waals surface area (Å²) < 4.78 is 0.593. The molecule has 29 heavy (non-hydrogen) atoms. The topological polar surface area (TPSA) is 80.3 Å². The summed E-state index contributed by atoms with van der Waals surface area (Å²) >= 11 is 2.47. The molecule has 0 saturated heterocycles. The fraction of sp³-hybridized carbons (Fsp3) is 0.909. The van der Waals surface area contributed by atoms with Crippen LogP contribution in [0.5, 0.6) is 0 Å². The number of rotatable bonds is 17. The third kappa shape index (κ3) is 37.2. The van der Waals surface area contributed by atoms with Crippen molar-refractivity contribution in [2.75, 3.05) is 0 Å². The summed E-state index contributed by atoms with van der Waals surface area (Å²) in [6, 6.07) is 0. The van der Waals surface area contributed by atoms with E-state index in [0.29, 0.717) is 4.09 Å². The minimum Gasteiger partial charge on any atom is -0.0654 e. The van der Waals surface area contributed by atoms with E-state index in [9.17, 15) is 19.8 Å². The van der Waals surface area contributed by atoms with Crippen molar-refractivity contribution >= 4 is 29.7 Å². The summed E-state index contributed by atoms with van der Waals surface area (Å²) in [7, 11) is 0. The molecular formula is C22H41LiNa2O4. The van der Waals surface area contributed by atoms with E-state index < -0.39 is 18.4 Å². The first-order chi connectivity index (χ1) is 12.7. The van der Waals surface area contributed by atoms with E-state index in [1.807, 2.05) is 0 Å². The summed E-state index contributed by atoms with van der Waals surface area (Å²) in [6.45, 7) is 7.06. The van der Waals surface area contributed by atoms with E-state index in [4.69, 9.17) is 0 Å². The smallest absolute Gasteiger partial charge is 0.0654 e. The Morgan fingerprint density at radius 2 is 0.931 bits per heavy atom. The zero-order valence-electron chi connectivity index (χ0n) is 20.4. The van der Waals surface area contributed by atoms with Gasteiger partial charge >= 0.3 is 191 Å². The fourth-order valence-electron chi connectivity index (χ4n) is 3.19. The van der Waals surface area contributed by atoms with Crippen molar-refractivity contribution in [1.82, 2.24) is 0 Å². The summed E-state index contributed by atoms with van der Waals surface area (Å²) in [5.41, 5.74) is 0. The van der Waals surface area contributed by atoms with Gasteiger partial charge in [-0.15, -0.1) is 0 Å². The number of unbranched alkanes of at least 4 members (excludes halogenated alkanes) is 11. The first-order valence-electron chi connectivity index (χ1n) is 11.1. The molecule has 7 heteroatoms. The second-order valence-electron chi connectivity index (χ2n) is 8.47. The normalized spacial score (nSPS) is 11.9. The van der Waals surface area contributed by atoms with Crippen LogP contribution in [-0.4, -0.2) is 29.7 Å². The monoisotopic (exact) mass is 422 g/mol. The number of carboxylic acids is 2. The molecule has 0 N–H and O–H groups in total. The Kier molecular flexibility index (Phi) is 36.0. The molecule has 0 aromatic rings. The van der Waals surface area contributed by atoms with Crippen molar-refractivity contribution in [3.63, 3.8) is 0 Å². The Bertz CT molecular complexity index is 355. The predicted octanol–water partition coefficient (Wildman–Crippen LogP) is -1.89. The van der Waals surface area contributed by atoms with Gasteiger partial charge in [0.15, 0.2) is 0 Å². The van der Waals surface area contributed by atoms with Crippen molar-refractivity contribution in [1.29, 1.82) is 0 Å². The maximum atomic E-state index is 9.28. The second-order valence-corrected chi connectivity index (χ2v) is 8.47.